The van der Waals surface area contributed by atoms with Crippen molar-refractivity contribution in [3.8, 4) is 22.9 Å². The van der Waals surface area contributed by atoms with Gasteiger partial charge in [0.05, 0.1) is 42.2 Å². The summed E-state index contributed by atoms with van der Waals surface area (Å²) in [4.78, 5) is 19.1. The lowest BCUT2D eigenvalue weighted by atomic mass is 9.88. The number of amides is 1. The first kappa shape index (κ1) is 25.3. The van der Waals surface area contributed by atoms with E-state index in [0.717, 1.165) is 16.9 Å². The van der Waals surface area contributed by atoms with E-state index in [0.29, 0.717) is 49.4 Å². The fraction of sp³-hybridized carbons (Fsp3) is 0.462. The Morgan fingerprint density at radius 3 is 2.61 bits per heavy atom. The maximum atomic E-state index is 12.3. The number of anilines is 1. The predicted octanol–water partition coefficient (Wildman–Crippen LogP) is 3.52. The van der Waals surface area contributed by atoms with E-state index in [1.54, 1.807) is 23.1 Å². The Morgan fingerprint density at radius 2 is 2.03 bits per heavy atom. The lowest BCUT2D eigenvalue weighted by molar-refractivity contribution is 0.0364. The number of nitrogens with one attached hydrogen (secondary N) is 1. The van der Waals surface area contributed by atoms with Gasteiger partial charge in [0.2, 0.25) is 0 Å². The molecule has 0 saturated carbocycles. The van der Waals surface area contributed by atoms with Gasteiger partial charge in [-0.1, -0.05) is 0 Å². The average molecular weight is 493 g/mol. The molecule has 0 bridgehead atoms. The van der Waals surface area contributed by atoms with Gasteiger partial charge in [-0.15, -0.1) is 0 Å². The van der Waals surface area contributed by atoms with Crippen molar-refractivity contribution in [3.05, 3.63) is 42.4 Å². The molecular weight excluding hydrogens is 460 g/mol. The van der Waals surface area contributed by atoms with Crippen molar-refractivity contribution >= 4 is 17.4 Å². The number of ether oxygens (including phenoxy) is 2. The van der Waals surface area contributed by atoms with Crippen molar-refractivity contribution in [3.63, 3.8) is 0 Å². The normalized spacial score (nSPS) is 15.4. The minimum absolute atomic E-state index is 0.162. The Kier molecular flexibility index (Phi) is 7.04. The molecule has 10 nitrogen and oxygen atoms in total. The molecular formula is C26H32N6O4. The second-order valence-corrected chi connectivity index (χ2v) is 9.94. The lowest BCUT2D eigenvalue weighted by Gasteiger charge is -2.41. The zero-order valence-electron chi connectivity index (χ0n) is 21.1. The molecule has 4 heterocycles. The van der Waals surface area contributed by atoms with E-state index >= 15 is 0 Å². The predicted molar refractivity (Wildman–Crippen MR) is 135 cm³/mol. The van der Waals surface area contributed by atoms with E-state index in [1.807, 2.05) is 45.9 Å². The van der Waals surface area contributed by atoms with Gasteiger partial charge in [0.15, 0.2) is 0 Å². The number of aromatic nitrogens is 3. The molecule has 3 aromatic rings. The Morgan fingerprint density at radius 1 is 1.28 bits per heavy atom. The van der Waals surface area contributed by atoms with Crippen molar-refractivity contribution in [1.82, 2.24) is 19.9 Å². The lowest BCUT2D eigenvalue weighted by Crippen LogP contribution is -2.58. The smallest absolute Gasteiger partial charge is 0.408 e. The number of piperidine rings is 1. The number of hydrogen-bond donors (Lipinski definition) is 2. The first-order valence-electron chi connectivity index (χ1n) is 12.0. The molecule has 1 aliphatic rings. The molecule has 0 aromatic carbocycles. The molecule has 0 unspecified atom stereocenters. The van der Waals surface area contributed by atoms with Crippen LogP contribution in [0.15, 0.2) is 36.8 Å². The molecule has 0 spiro atoms. The van der Waals surface area contributed by atoms with Crippen LogP contribution in [0.25, 0.3) is 16.6 Å². The van der Waals surface area contributed by atoms with Crippen LogP contribution >= 0.6 is 0 Å². The molecule has 0 aliphatic carbocycles. The molecule has 4 rings (SSSR count). The van der Waals surface area contributed by atoms with Crippen LogP contribution in [-0.2, 0) is 4.74 Å². The van der Waals surface area contributed by atoms with Crippen molar-refractivity contribution in [2.45, 2.75) is 51.7 Å². The molecule has 0 atom stereocenters. The summed E-state index contributed by atoms with van der Waals surface area (Å²) in [7, 11) is 0. The van der Waals surface area contributed by atoms with E-state index in [2.05, 4.69) is 26.4 Å². The largest absolute Gasteiger partial charge is 0.492 e. The highest BCUT2D eigenvalue weighted by atomic mass is 16.6. The van der Waals surface area contributed by atoms with Crippen molar-refractivity contribution in [2.24, 2.45) is 0 Å². The number of alkyl carbamates (subject to hydrolysis) is 1. The first-order valence-corrected chi connectivity index (χ1v) is 12.0. The SMILES string of the molecule is CCOc1cc(-c2ccc(N3CCC(CO)(NC(=O)OC(C)(C)C)CC3)nc2)c2c(C#N)cnn2c1. The Hall–Kier alpha value is -3.84. The molecule has 2 N–H and O–H groups in total. The van der Waals surface area contributed by atoms with Crippen LogP contribution < -0.4 is 15.0 Å². The van der Waals surface area contributed by atoms with Gasteiger partial charge in [-0.25, -0.2) is 14.3 Å². The number of carbonyl (C=O) groups excluding carboxylic acids is 1. The number of aliphatic hydroxyl groups excluding tert-OH is 1. The Labute approximate surface area is 210 Å². The van der Waals surface area contributed by atoms with Crippen LogP contribution in [0.3, 0.4) is 0 Å². The number of nitriles is 1. The molecule has 3 aromatic heterocycles. The highest BCUT2D eigenvalue weighted by molar-refractivity contribution is 5.85. The molecule has 1 fully saturated rings. The molecule has 1 amide bonds. The summed E-state index contributed by atoms with van der Waals surface area (Å²) in [5.41, 5.74) is 1.51. The summed E-state index contributed by atoms with van der Waals surface area (Å²) in [6, 6.07) is 8.01. The summed E-state index contributed by atoms with van der Waals surface area (Å²) in [5, 5.41) is 26.8. The third-order valence-electron chi connectivity index (χ3n) is 6.19. The minimum atomic E-state index is -0.722. The van der Waals surface area contributed by atoms with Crippen LogP contribution in [0.5, 0.6) is 5.75 Å². The first-order chi connectivity index (χ1) is 17.2. The standard InChI is InChI=1S/C26H32N6O4/c1-5-35-20-12-21(23-19(13-27)15-29-32(23)16-20)18-6-7-22(28-14-18)31-10-8-26(17-33,9-11-31)30-24(34)36-25(2,3)4/h6-7,12,14-16,33H,5,8-11,17H2,1-4H3,(H,30,34). The number of rotatable bonds is 6. The number of nitrogens with zero attached hydrogens (tertiary/aromatic N) is 5. The van der Waals surface area contributed by atoms with Gasteiger partial charge in [0.1, 0.15) is 23.2 Å². The Balaban J connectivity index is 1.51. The second-order valence-electron chi connectivity index (χ2n) is 9.94. The van der Waals surface area contributed by atoms with Gasteiger partial charge in [0.25, 0.3) is 0 Å². The Bertz CT molecular complexity index is 1260. The monoisotopic (exact) mass is 492 g/mol. The number of pyridine rings is 2. The second kappa shape index (κ2) is 10.0. The minimum Gasteiger partial charge on any atom is -0.492 e. The fourth-order valence-corrected chi connectivity index (χ4v) is 4.38. The number of hydrogen-bond acceptors (Lipinski definition) is 8. The molecule has 0 radical (unpaired) electrons. The number of aliphatic hydroxyl groups is 1. The highest BCUT2D eigenvalue weighted by Gasteiger charge is 2.37. The highest BCUT2D eigenvalue weighted by Crippen LogP contribution is 2.32. The zero-order valence-corrected chi connectivity index (χ0v) is 21.1. The summed E-state index contributed by atoms with van der Waals surface area (Å²) in [5.74, 6) is 1.46. The van der Waals surface area contributed by atoms with Crippen LogP contribution in [0, 0.1) is 11.3 Å². The van der Waals surface area contributed by atoms with Gasteiger partial charge in [-0.3, -0.25) is 0 Å². The summed E-state index contributed by atoms with van der Waals surface area (Å²) in [6.07, 6.45) is 5.68. The molecule has 36 heavy (non-hydrogen) atoms. The van der Waals surface area contributed by atoms with E-state index in [1.165, 1.54) is 0 Å². The van der Waals surface area contributed by atoms with Crippen molar-refractivity contribution < 1.29 is 19.4 Å². The van der Waals surface area contributed by atoms with Crippen LogP contribution in [-0.4, -0.2) is 63.2 Å². The van der Waals surface area contributed by atoms with E-state index in [9.17, 15) is 15.2 Å². The molecule has 1 saturated heterocycles. The van der Waals surface area contributed by atoms with Crippen LogP contribution in [0.1, 0.15) is 46.1 Å². The van der Waals surface area contributed by atoms with Crippen LogP contribution in [0.4, 0.5) is 10.6 Å². The molecule has 190 valence electrons. The third-order valence-corrected chi connectivity index (χ3v) is 6.19. The summed E-state index contributed by atoms with van der Waals surface area (Å²) < 4.78 is 12.7. The maximum absolute atomic E-state index is 12.3. The maximum Gasteiger partial charge on any atom is 0.408 e. The van der Waals surface area contributed by atoms with Crippen molar-refractivity contribution in [2.75, 3.05) is 31.2 Å². The zero-order chi connectivity index (χ0) is 25.9. The summed E-state index contributed by atoms with van der Waals surface area (Å²) in [6.45, 7) is 8.93. The van der Waals surface area contributed by atoms with Crippen LogP contribution in [0.2, 0.25) is 0 Å². The van der Waals surface area contributed by atoms with E-state index in [-0.39, 0.29) is 6.61 Å². The number of fused-ring (bicyclic) bond motifs is 1. The van der Waals surface area contributed by atoms with E-state index < -0.39 is 17.2 Å². The van der Waals surface area contributed by atoms with Crippen molar-refractivity contribution in [1.29, 1.82) is 5.26 Å². The van der Waals surface area contributed by atoms with Gasteiger partial charge in [-0.05, 0) is 58.7 Å². The topological polar surface area (TPSA) is 125 Å². The molecule has 10 heteroatoms. The quantitative estimate of drug-likeness (QED) is 0.535. The number of carbonyl (C=O) groups is 1. The van der Waals surface area contributed by atoms with Gasteiger partial charge < -0.3 is 24.8 Å². The third kappa shape index (κ3) is 5.36. The van der Waals surface area contributed by atoms with Gasteiger partial charge in [0, 0.05) is 30.4 Å². The van der Waals surface area contributed by atoms with Gasteiger partial charge in [-0.2, -0.15) is 10.4 Å². The molecule has 1 aliphatic heterocycles. The fourth-order valence-electron chi connectivity index (χ4n) is 4.38. The average Bonchev–Trinajstić information content (AvgIpc) is 3.26. The van der Waals surface area contributed by atoms with Gasteiger partial charge >= 0.3 is 6.09 Å². The summed E-state index contributed by atoms with van der Waals surface area (Å²) >= 11 is 0. The van der Waals surface area contributed by atoms with E-state index in [4.69, 9.17) is 9.47 Å².